The van der Waals surface area contributed by atoms with Gasteiger partial charge in [0.05, 0.1) is 11.6 Å². The minimum absolute atomic E-state index is 0.470. The van der Waals surface area contributed by atoms with Gasteiger partial charge in [0.1, 0.15) is 5.82 Å². The third-order valence-electron chi connectivity index (χ3n) is 4.33. The van der Waals surface area contributed by atoms with Crippen molar-refractivity contribution in [2.24, 2.45) is 0 Å². The SMILES string of the molecule is Cc1cc(Nc2ccc(C#N)cc2)nc(NC2CCCCCC2)n1. The lowest BCUT2D eigenvalue weighted by molar-refractivity contribution is 0.614. The molecule has 5 nitrogen and oxygen atoms in total. The molecule has 0 atom stereocenters. The van der Waals surface area contributed by atoms with Gasteiger partial charge >= 0.3 is 0 Å². The number of anilines is 3. The predicted molar refractivity (Wildman–Crippen MR) is 96.3 cm³/mol. The van der Waals surface area contributed by atoms with Crippen LogP contribution in [-0.4, -0.2) is 16.0 Å². The van der Waals surface area contributed by atoms with E-state index in [9.17, 15) is 0 Å². The van der Waals surface area contributed by atoms with Crippen molar-refractivity contribution in [3.8, 4) is 6.07 Å². The highest BCUT2D eigenvalue weighted by Crippen LogP contribution is 2.22. The van der Waals surface area contributed by atoms with Crippen LogP contribution < -0.4 is 10.6 Å². The standard InChI is InChI=1S/C19H23N5/c1-14-12-18(22-17-10-8-15(13-20)9-11-17)24-19(21-14)23-16-6-4-2-3-5-7-16/h8-12,16H,2-7H2,1H3,(H2,21,22,23,24). The fraction of sp³-hybridized carbons (Fsp3) is 0.421. The number of hydrogen-bond acceptors (Lipinski definition) is 5. The van der Waals surface area contributed by atoms with E-state index in [1.165, 1.54) is 38.5 Å². The third kappa shape index (κ3) is 4.45. The van der Waals surface area contributed by atoms with Crippen LogP contribution in [0.2, 0.25) is 0 Å². The molecule has 0 aliphatic heterocycles. The van der Waals surface area contributed by atoms with E-state index in [2.05, 4.69) is 26.7 Å². The number of aryl methyl sites for hydroxylation is 1. The molecule has 1 fully saturated rings. The molecule has 1 saturated carbocycles. The molecule has 0 radical (unpaired) electrons. The maximum Gasteiger partial charge on any atom is 0.225 e. The molecule has 1 heterocycles. The summed E-state index contributed by atoms with van der Waals surface area (Å²) in [7, 11) is 0. The fourth-order valence-electron chi connectivity index (χ4n) is 3.08. The van der Waals surface area contributed by atoms with E-state index in [1.807, 2.05) is 25.1 Å². The highest BCUT2D eigenvalue weighted by Gasteiger charge is 2.13. The molecular weight excluding hydrogens is 298 g/mol. The van der Waals surface area contributed by atoms with E-state index in [-0.39, 0.29) is 0 Å². The zero-order valence-electron chi connectivity index (χ0n) is 14.0. The van der Waals surface area contributed by atoms with Crippen LogP contribution in [0.15, 0.2) is 30.3 Å². The zero-order valence-corrected chi connectivity index (χ0v) is 14.0. The first-order chi connectivity index (χ1) is 11.7. The van der Waals surface area contributed by atoms with Gasteiger partial charge in [-0.1, -0.05) is 25.7 Å². The summed E-state index contributed by atoms with van der Waals surface area (Å²) in [5.74, 6) is 1.46. The van der Waals surface area contributed by atoms with Gasteiger partial charge in [-0.05, 0) is 44.0 Å². The van der Waals surface area contributed by atoms with Crippen molar-refractivity contribution in [2.75, 3.05) is 10.6 Å². The van der Waals surface area contributed by atoms with Crippen molar-refractivity contribution in [3.63, 3.8) is 0 Å². The second kappa shape index (κ2) is 7.78. The van der Waals surface area contributed by atoms with Crippen LogP contribution in [0.3, 0.4) is 0 Å². The first kappa shape index (κ1) is 16.3. The third-order valence-corrected chi connectivity index (χ3v) is 4.33. The van der Waals surface area contributed by atoms with Gasteiger partial charge in [-0.2, -0.15) is 10.2 Å². The Kier molecular flexibility index (Phi) is 5.27. The molecule has 1 aromatic heterocycles. The largest absolute Gasteiger partial charge is 0.351 e. The fourth-order valence-corrected chi connectivity index (χ4v) is 3.08. The lowest BCUT2D eigenvalue weighted by Crippen LogP contribution is -2.20. The summed E-state index contributed by atoms with van der Waals surface area (Å²) in [4.78, 5) is 9.12. The summed E-state index contributed by atoms with van der Waals surface area (Å²) in [5, 5.41) is 15.7. The van der Waals surface area contributed by atoms with Gasteiger partial charge in [0, 0.05) is 23.5 Å². The Hall–Kier alpha value is -2.61. The number of nitriles is 1. The monoisotopic (exact) mass is 321 g/mol. The maximum atomic E-state index is 8.87. The Labute approximate surface area is 143 Å². The molecule has 1 aromatic carbocycles. The Morgan fingerprint density at radius 2 is 1.75 bits per heavy atom. The van der Waals surface area contributed by atoms with Crippen molar-refractivity contribution in [1.29, 1.82) is 5.26 Å². The van der Waals surface area contributed by atoms with E-state index in [4.69, 9.17) is 5.26 Å². The van der Waals surface area contributed by atoms with Gasteiger partial charge in [-0.15, -0.1) is 0 Å². The van der Waals surface area contributed by atoms with Crippen molar-refractivity contribution < 1.29 is 0 Å². The van der Waals surface area contributed by atoms with Crippen molar-refractivity contribution in [1.82, 2.24) is 9.97 Å². The normalized spacial score (nSPS) is 15.3. The Bertz CT molecular complexity index is 710. The van der Waals surface area contributed by atoms with E-state index in [1.54, 1.807) is 12.1 Å². The van der Waals surface area contributed by atoms with Gasteiger partial charge in [-0.3, -0.25) is 0 Å². The Morgan fingerprint density at radius 3 is 2.42 bits per heavy atom. The molecule has 0 amide bonds. The second-order valence-electron chi connectivity index (χ2n) is 6.37. The maximum absolute atomic E-state index is 8.87. The van der Waals surface area contributed by atoms with E-state index in [0.29, 0.717) is 17.6 Å². The average molecular weight is 321 g/mol. The molecule has 1 aliphatic rings. The quantitative estimate of drug-likeness (QED) is 0.809. The van der Waals surface area contributed by atoms with Gasteiger partial charge in [0.15, 0.2) is 0 Å². The number of hydrogen-bond donors (Lipinski definition) is 2. The average Bonchev–Trinajstić information content (AvgIpc) is 2.84. The van der Waals surface area contributed by atoms with Crippen molar-refractivity contribution in [2.45, 2.75) is 51.5 Å². The van der Waals surface area contributed by atoms with Crippen LogP contribution in [0, 0.1) is 18.3 Å². The first-order valence-electron chi connectivity index (χ1n) is 8.62. The summed E-state index contributed by atoms with van der Waals surface area (Å²) in [6, 6.07) is 11.9. The molecule has 2 aromatic rings. The van der Waals surface area contributed by atoms with Crippen LogP contribution in [-0.2, 0) is 0 Å². The van der Waals surface area contributed by atoms with Crippen LogP contribution in [0.4, 0.5) is 17.5 Å². The molecule has 24 heavy (non-hydrogen) atoms. The van der Waals surface area contributed by atoms with Crippen LogP contribution >= 0.6 is 0 Å². The lowest BCUT2D eigenvalue weighted by atomic mass is 10.1. The number of benzene rings is 1. The number of rotatable bonds is 4. The van der Waals surface area contributed by atoms with Gasteiger partial charge in [-0.25, -0.2) is 4.98 Å². The predicted octanol–water partition coefficient (Wildman–Crippen LogP) is 4.54. The van der Waals surface area contributed by atoms with E-state index in [0.717, 1.165) is 17.2 Å². The highest BCUT2D eigenvalue weighted by molar-refractivity contribution is 5.58. The molecule has 2 N–H and O–H groups in total. The zero-order chi connectivity index (χ0) is 16.8. The summed E-state index contributed by atoms with van der Waals surface area (Å²) in [6.07, 6.45) is 7.60. The second-order valence-corrected chi connectivity index (χ2v) is 6.37. The molecule has 124 valence electrons. The minimum Gasteiger partial charge on any atom is -0.351 e. The van der Waals surface area contributed by atoms with Gasteiger partial charge < -0.3 is 10.6 Å². The molecule has 0 saturated heterocycles. The van der Waals surface area contributed by atoms with E-state index < -0.39 is 0 Å². The summed E-state index contributed by atoms with van der Waals surface area (Å²) in [6.45, 7) is 1.98. The molecule has 3 rings (SSSR count). The van der Waals surface area contributed by atoms with Crippen LogP contribution in [0.25, 0.3) is 0 Å². The molecule has 1 aliphatic carbocycles. The molecule has 0 spiro atoms. The van der Waals surface area contributed by atoms with Gasteiger partial charge in [0.25, 0.3) is 0 Å². The highest BCUT2D eigenvalue weighted by atomic mass is 15.2. The minimum atomic E-state index is 0.470. The summed E-state index contributed by atoms with van der Waals surface area (Å²) < 4.78 is 0. The smallest absolute Gasteiger partial charge is 0.225 e. The topological polar surface area (TPSA) is 73.6 Å². The summed E-state index contributed by atoms with van der Waals surface area (Å²) in [5.41, 5.74) is 2.49. The van der Waals surface area contributed by atoms with E-state index >= 15 is 0 Å². The number of nitrogens with one attached hydrogen (secondary N) is 2. The molecule has 0 bridgehead atoms. The molecular formula is C19H23N5. The van der Waals surface area contributed by atoms with Gasteiger partial charge in [0.2, 0.25) is 5.95 Å². The first-order valence-corrected chi connectivity index (χ1v) is 8.62. The number of aromatic nitrogens is 2. The Morgan fingerprint density at radius 1 is 1.04 bits per heavy atom. The van der Waals surface area contributed by atoms with Crippen LogP contribution in [0.5, 0.6) is 0 Å². The van der Waals surface area contributed by atoms with Crippen molar-refractivity contribution in [3.05, 3.63) is 41.6 Å². The van der Waals surface area contributed by atoms with Crippen LogP contribution in [0.1, 0.15) is 49.8 Å². The Balaban J connectivity index is 1.71. The molecule has 0 unspecified atom stereocenters. The number of nitrogens with zero attached hydrogens (tertiary/aromatic N) is 3. The lowest BCUT2D eigenvalue weighted by Gasteiger charge is -2.17. The summed E-state index contributed by atoms with van der Waals surface area (Å²) >= 11 is 0. The molecule has 5 heteroatoms. The van der Waals surface area contributed by atoms with Crippen molar-refractivity contribution >= 4 is 17.5 Å².